The molecule has 0 aliphatic carbocycles. The molecule has 0 saturated carbocycles. The van der Waals surface area contributed by atoms with Crippen molar-refractivity contribution in [2.75, 3.05) is 0 Å². The Hall–Kier alpha value is -1.60. The molecule has 18 heavy (non-hydrogen) atoms. The summed E-state index contributed by atoms with van der Waals surface area (Å²) < 4.78 is 0. The van der Waals surface area contributed by atoms with Gasteiger partial charge in [-0.05, 0) is 24.6 Å². The summed E-state index contributed by atoms with van der Waals surface area (Å²) in [7, 11) is 0. The predicted octanol–water partition coefficient (Wildman–Crippen LogP) is 0.559. The maximum atomic E-state index is 11.3. The monoisotopic (exact) mass is 318 g/mol. The molecular formula is C11H15BrN2O4. The molecule has 1 rings (SSSR count). The average Bonchev–Trinajstić information content (AvgIpc) is 2.26. The molecule has 0 heterocycles. The van der Waals surface area contributed by atoms with Crippen LogP contribution in [0, 0.1) is 0 Å². The highest BCUT2D eigenvalue weighted by Crippen LogP contribution is 2.17. The Balaban J connectivity index is 0.00000289. The van der Waals surface area contributed by atoms with E-state index in [9.17, 15) is 9.59 Å². The van der Waals surface area contributed by atoms with E-state index in [1.54, 1.807) is 0 Å². The predicted molar refractivity (Wildman–Crippen MR) is 70.6 cm³/mol. The molecule has 0 aromatic heterocycles. The van der Waals surface area contributed by atoms with Crippen LogP contribution in [0.2, 0.25) is 0 Å². The van der Waals surface area contributed by atoms with Gasteiger partial charge in [0.2, 0.25) is 5.91 Å². The molecule has 2 atom stereocenters. The molecule has 7 heteroatoms. The fraction of sp³-hybridized carbons (Fsp3) is 0.273. The van der Waals surface area contributed by atoms with Crippen LogP contribution in [0.3, 0.4) is 0 Å². The molecule has 5 N–H and O–H groups in total. The van der Waals surface area contributed by atoms with Crippen molar-refractivity contribution in [2.24, 2.45) is 5.73 Å². The molecule has 0 radical (unpaired) electrons. The van der Waals surface area contributed by atoms with Gasteiger partial charge in [-0.2, -0.15) is 0 Å². The average molecular weight is 319 g/mol. The number of hydrogen-bond acceptors (Lipinski definition) is 4. The highest BCUT2D eigenvalue weighted by atomic mass is 79.9. The van der Waals surface area contributed by atoms with Crippen molar-refractivity contribution in [3.63, 3.8) is 0 Å². The first-order valence-electron chi connectivity index (χ1n) is 4.99. The fourth-order valence-electron chi connectivity index (χ4n) is 1.23. The highest BCUT2D eigenvalue weighted by Gasteiger charge is 2.23. The van der Waals surface area contributed by atoms with E-state index in [0.717, 1.165) is 0 Å². The zero-order chi connectivity index (χ0) is 13.0. The minimum Gasteiger partial charge on any atom is -0.508 e. The minimum absolute atomic E-state index is 0. The number of aromatic hydroxyl groups is 1. The van der Waals surface area contributed by atoms with Crippen LogP contribution in [0.5, 0.6) is 5.75 Å². The van der Waals surface area contributed by atoms with Crippen molar-refractivity contribution in [2.45, 2.75) is 19.0 Å². The third-order valence-corrected chi connectivity index (χ3v) is 2.17. The van der Waals surface area contributed by atoms with Gasteiger partial charge >= 0.3 is 5.97 Å². The zero-order valence-corrected chi connectivity index (χ0v) is 11.4. The standard InChI is InChI=1S/C11H14N2O4.BrH/c1-6(12)10(15)13-9(11(16)17)7-2-4-8(14)5-3-7;/h2-6,9,14H,12H2,1H3,(H,13,15)(H,16,17);1H/t6-,9?;/m0./s1. The van der Waals surface area contributed by atoms with Gasteiger partial charge in [0.1, 0.15) is 5.75 Å². The molecule has 0 spiro atoms. The van der Waals surface area contributed by atoms with Gasteiger partial charge in [0.25, 0.3) is 0 Å². The summed E-state index contributed by atoms with van der Waals surface area (Å²) in [4.78, 5) is 22.4. The van der Waals surface area contributed by atoms with Crippen LogP contribution in [0.1, 0.15) is 18.5 Å². The number of hydrogen-bond donors (Lipinski definition) is 4. The van der Waals surface area contributed by atoms with Crippen molar-refractivity contribution in [3.8, 4) is 5.75 Å². The molecule has 0 fully saturated rings. The molecule has 1 aromatic carbocycles. The van der Waals surface area contributed by atoms with E-state index >= 15 is 0 Å². The van der Waals surface area contributed by atoms with Gasteiger partial charge in [0.15, 0.2) is 6.04 Å². The Morgan fingerprint density at radius 2 is 1.78 bits per heavy atom. The van der Waals surface area contributed by atoms with Crippen LogP contribution in [-0.4, -0.2) is 28.1 Å². The van der Waals surface area contributed by atoms with Gasteiger partial charge in [-0.15, -0.1) is 17.0 Å². The first-order valence-corrected chi connectivity index (χ1v) is 4.99. The lowest BCUT2D eigenvalue weighted by Gasteiger charge is -2.16. The Morgan fingerprint density at radius 3 is 2.17 bits per heavy atom. The summed E-state index contributed by atoms with van der Waals surface area (Å²) in [6.07, 6.45) is 0. The van der Waals surface area contributed by atoms with E-state index in [4.69, 9.17) is 15.9 Å². The van der Waals surface area contributed by atoms with E-state index in [1.165, 1.54) is 31.2 Å². The van der Waals surface area contributed by atoms with E-state index < -0.39 is 24.0 Å². The normalized spacial score (nSPS) is 13.0. The van der Waals surface area contributed by atoms with Crippen LogP contribution >= 0.6 is 17.0 Å². The Morgan fingerprint density at radius 1 is 1.28 bits per heavy atom. The summed E-state index contributed by atoms with van der Waals surface area (Å²) in [6, 6.07) is 3.60. The number of phenols is 1. The molecule has 0 saturated heterocycles. The van der Waals surface area contributed by atoms with E-state index in [1.807, 2.05) is 0 Å². The van der Waals surface area contributed by atoms with Crippen LogP contribution in [-0.2, 0) is 9.59 Å². The van der Waals surface area contributed by atoms with Crippen molar-refractivity contribution in [1.82, 2.24) is 5.32 Å². The van der Waals surface area contributed by atoms with Crippen molar-refractivity contribution < 1.29 is 19.8 Å². The Kier molecular flexibility index (Phi) is 6.35. The molecule has 1 aromatic rings. The number of nitrogens with one attached hydrogen (secondary N) is 1. The van der Waals surface area contributed by atoms with E-state index in [-0.39, 0.29) is 22.7 Å². The van der Waals surface area contributed by atoms with Gasteiger partial charge in [0.05, 0.1) is 6.04 Å². The summed E-state index contributed by atoms with van der Waals surface area (Å²) in [5.41, 5.74) is 5.71. The van der Waals surface area contributed by atoms with Crippen LogP contribution in [0.15, 0.2) is 24.3 Å². The fourth-order valence-corrected chi connectivity index (χ4v) is 1.23. The number of carboxylic acid groups (broad SMARTS) is 1. The van der Waals surface area contributed by atoms with Crippen LogP contribution in [0.4, 0.5) is 0 Å². The second-order valence-electron chi connectivity index (χ2n) is 3.66. The Bertz CT molecular complexity index is 420. The topological polar surface area (TPSA) is 113 Å². The van der Waals surface area contributed by atoms with Crippen molar-refractivity contribution in [3.05, 3.63) is 29.8 Å². The summed E-state index contributed by atoms with van der Waals surface area (Å²) in [6.45, 7) is 1.46. The summed E-state index contributed by atoms with van der Waals surface area (Å²) in [5, 5.41) is 20.4. The number of halogens is 1. The van der Waals surface area contributed by atoms with Gasteiger partial charge in [-0.1, -0.05) is 12.1 Å². The maximum absolute atomic E-state index is 11.3. The lowest BCUT2D eigenvalue weighted by Crippen LogP contribution is -2.42. The molecular weight excluding hydrogens is 304 g/mol. The van der Waals surface area contributed by atoms with Gasteiger partial charge in [0, 0.05) is 0 Å². The third kappa shape index (κ3) is 4.34. The van der Waals surface area contributed by atoms with Crippen molar-refractivity contribution in [1.29, 1.82) is 0 Å². The number of nitrogens with two attached hydrogens (primary N) is 1. The number of carboxylic acids is 1. The third-order valence-electron chi connectivity index (χ3n) is 2.17. The number of benzene rings is 1. The van der Waals surface area contributed by atoms with Crippen molar-refractivity contribution >= 4 is 28.9 Å². The number of carbonyl (C=O) groups excluding carboxylic acids is 1. The molecule has 0 aliphatic rings. The highest BCUT2D eigenvalue weighted by molar-refractivity contribution is 8.93. The largest absolute Gasteiger partial charge is 0.508 e. The van der Waals surface area contributed by atoms with E-state index in [2.05, 4.69) is 5.32 Å². The number of aliphatic carboxylic acids is 1. The second kappa shape index (κ2) is 6.97. The molecule has 1 unspecified atom stereocenters. The number of rotatable bonds is 4. The van der Waals surface area contributed by atoms with Gasteiger partial charge < -0.3 is 21.3 Å². The smallest absolute Gasteiger partial charge is 0.330 e. The molecule has 6 nitrogen and oxygen atoms in total. The maximum Gasteiger partial charge on any atom is 0.330 e. The molecule has 0 bridgehead atoms. The summed E-state index contributed by atoms with van der Waals surface area (Å²) >= 11 is 0. The first kappa shape index (κ1) is 16.4. The lowest BCUT2D eigenvalue weighted by molar-refractivity contribution is -0.142. The van der Waals surface area contributed by atoms with Gasteiger partial charge in [-0.3, -0.25) is 4.79 Å². The lowest BCUT2D eigenvalue weighted by atomic mass is 10.1. The van der Waals surface area contributed by atoms with Crippen LogP contribution < -0.4 is 11.1 Å². The zero-order valence-electron chi connectivity index (χ0n) is 9.66. The van der Waals surface area contributed by atoms with Gasteiger partial charge in [-0.25, -0.2) is 4.79 Å². The number of carbonyl (C=O) groups is 2. The molecule has 100 valence electrons. The first-order chi connectivity index (χ1) is 7.91. The van der Waals surface area contributed by atoms with E-state index in [0.29, 0.717) is 5.56 Å². The second-order valence-corrected chi connectivity index (χ2v) is 3.66. The number of phenolic OH excluding ortho intramolecular Hbond substituents is 1. The SMILES string of the molecule is Br.C[C@H](N)C(=O)NC(C(=O)O)c1ccc(O)cc1. The molecule has 1 amide bonds. The molecule has 0 aliphatic heterocycles. The van der Waals surface area contributed by atoms with Crippen LogP contribution in [0.25, 0.3) is 0 Å². The Labute approximate surface area is 115 Å². The quantitative estimate of drug-likeness (QED) is 0.648. The minimum atomic E-state index is -1.19. The number of amides is 1. The summed E-state index contributed by atoms with van der Waals surface area (Å²) in [5.74, 6) is -1.72.